The molecule has 0 aliphatic carbocycles. The van der Waals surface area contributed by atoms with Crippen molar-refractivity contribution in [3.8, 4) is 5.75 Å². The van der Waals surface area contributed by atoms with E-state index in [2.05, 4.69) is 4.90 Å². The minimum atomic E-state index is -0.0674. The summed E-state index contributed by atoms with van der Waals surface area (Å²) in [6, 6.07) is 9.00. The third-order valence-corrected chi connectivity index (χ3v) is 6.73. The molecule has 2 aromatic carbocycles. The Morgan fingerprint density at radius 2 is 1.89 bits per heavy atom. The van der Waals surface area contributed by atoms with E-state index >= 15 is 0 Å². The van der Waals surface area contributed by atoms with E-state index in [1.54, 1.807) is 36.6 Å². The van der Waals surface area contributed by atoms with E-state index in [4.69, 9.17) is 32.9 Å². The van der Waals surface area contributed by atoms with Gasteiger partial charge in [0.25, 0.3) is 5.91 Å². The van der Waals surface area contributed by atoms with Crippen LogP contribution in [-0.2, 0) is 0 Å². The number of halogens is 2. The van der Waals surface area contributed by atoms with Crippen molar-refractivity contribution in [2.45, 2.75) is 6.92 Å². The first kappa shape index (κ1) is 19.3. The van der Waals surface area contributed by atoms with E-state index in [0.29, 0.717) is 42.5 Å². The first-order valence-electron chi connectivity index (χ1n) is 8.91. The summed E-state index contributed by atoms with van der Waals surface area (Å²) in [4.78, 5) is 21.8. The van der Waals surface area contributed by atoms with Crippen LogP contribution in [0, 0.1) is 6.92 Å². The maximum Gasteiger partial charge on any atom is 0.257 e. The number of nitrogens with zero attached hydrogens (tertiary/aromatic N) is 3. The average molecular weight is 436 g/mol. The Bertz CT molecular complexity index is 1010. The summed E-state index contributed by atoms with van der Waals surface area (Å²) < 4.78 is 6.33. The number of benzene rings is 2. The lowest BCUT2D eigenvalue weighted by Gasteiger charge is -2.34. The van der Waals surface area contributed by atoms with Crippen LogP contribution in [0.4, 0.5) is 5.13 Å². The number of piperazine rings is 1. The summed E-state index contributed by atoms with van der Waals surface area (Å²) in [7, 11) is 1.55. The molecule has 0 unspecified atom stereocenters. The number of hydrogen-bond donors (Lipinski definition) is 0. The molecule has 28 heavy (non-hydrogen) atoms. The van der Waals surface area contributed by atoms with Gasteiger partial charge < -0.3 is 14.5 Å². The zero-order chi connectivity index (χ0) is 19.8. The number of anilines is 1. The number of carbonyl (C=O) groups excluding carboxylic acids is 1. The van der Waals surface area contributed by atoms with Crippen LogP contribution < -0.4 is 9.64 Å². The predicted octanol–water partition coefficient (Wildman–Crippen LogP) is 4.88. The fraction of sp³-hybridized carbons (Fsp3) is 0.300. The maximum absolute atomic E-state index is 12.9. The normalized spacial score (nSPS) is 14.6. The van der Waals surface area contributed by atoms with Crippen molar-refractivity contribution in [1.29, 1.82) is 0 Å². The number of ether oxygens (including phenoxy) is 1. The van der Waals surface area contributed by atoms with Crippen molar-refractivity contribution in [1.82, 2.24) is 9.88 Å². The van der Waals surface area contributed by atoms with Gasteiger partial charge in [-0.3, -0.25) is 4.79 Å². The molecule has 0 saturated carbocycles. The first-order chi connectivity index (χ1) is 13.5. The minimum absolute atomic E-state index is 0.0674. The summed E-state index contributed by atoms with van der Waals surface area (Å²) in [5, 5.41) is 2.19. The van der Waals surface area contributed by atoms with Gasteiger partial charge in [0, 0.05) is 31.2 Å². The molecular formula is C20H19Cl2N3O2S. The lowest BCUT2D eigenvalue weighted by molar-refractivity contribution is 0.0743. The number of hydrogen-bond acceptors (Lipinski definition) is 5. The summed E-state index contributed by atoms with van der Waals surface area (Å²) >= 11 is 14.0. The van der Waals surface area contributed by atoms with Gasteiger partial charge in [-0.25, -0.2) is 4.98 Å². The van der Waals surface area contributed by atoms with Crippen molar-refractivity contribution in [3.63, 3.8) is 0 Å². The van der Waals surface area contributed by atoms with Crippen LogP contribution in [0.1, 0.15) is 15.9 Å². The molecule has 0 radical (unpaired) electrons. The number of aryl methyl sites for hydroxylation is 1. The van der Waals surface area contributed by atoms with E-state index in [9.17, 15) is 4.79 Å². The molecule has 1 aliphatic heterocycles. The molecular weight excluding hydrogens is 417 g/mol. The van der Waals surface area contributed by atoms with Gasteiger partial charge in [-0.05, 0) is 36.8 Å². The van der Waals surface area contributed by atoms with E-state index in [1.807, 2.05) is 24.0 Å². The van der Waals surface area contributed by atoms with Crippen molar-refractivity contribution in [2.24, 2.45) is 0 Å². The van der Waals surface area contributed by atoms with Crippen LogP contribution in [0.5, 0.6) is 5.75 Å². The van der Waals surface area contributed by atoms with Crippen molar-refractivity contribution in [3.05, 3.63) is 51.5 Å². The second-order valence-corrected chi connectivity index (χ2v) is 8.48. The highest BCUT2D eigenvalue weighted by atomic mass is 35.5. The summed E-state index contributed by atoms with van der Waals surface area (Å²) in [5.41, 5.74) is 2.56. The number of rotatable bonds is 3. The Hall–Kier alpha value is -2.02. The third kappa shape index (κ3) is 3.52. The van der Waals surface area contributed by atoms with Gasteiger partial charge in [-0.2, -0.15) is 0 Å². The first-order valence-corrected chi connectivity index (χ1v) is 10.5. The fourth-order valence-corrected chi connectivity index (χ4v) is 4.88. The Kier molecular flexibility index (Phi) is 5.36. The van der Waals surface area contributed by atoms with Crippen LogP contribution in [-0.4, -0.2) is 49.1 Å². The molecule has 0 spiro atoms. The van der Waals surface area contributed by atoms with E-state index in [-0.39, 0.29) is 5.91 Å². The molecule has 1 aromatic heterocycles. The Balaban J connectivity index is 1.51. The summed E-state index contributed by atoms with van der Waals surface area (Å²) in [6.45, 7) is 4.68. The van der Waals surface area contributed by atoms with Crippen LogP contribution in [0.15, 0.2) is 30.3 Å². The number of methoxy groups -OCH3 is 1. The molecule has 1 saturated heterocycles. The van der Waals surface area contributed by atoms with Gasteiger partial charge in [-0.1, -0.05) is 40.6 Å². The predicted molar refractivity (Wildman–Crippen MR) is 115 cm³/mol. The molecule has 1 amide bonds. The maximum atomic E-state index is 12.9. The SMILES string of the molecule is COc1ccc(Cl)cc1C(=O)N1CCN(c2nc3c(C)ccc(Cl)c3s2)CC1. The monoisotopic (exact) mass is 435 g/mol. The van der Waals surface area contributed by atoms with Crippen molar-refractivity contribution >= 4 is 55.8 Å². The number of fused-ring (bicyclic) bond motifs is 1. The highest BCUT2D eigenvalue weighted by Crippen LogP contribution is 2.36. The summed E-state index contributed by atoms with van der Waals surface area (Å²) in [5.74, 6) is 0.468. The number of carbonyl (C=O) groups is 1. The molecule has 4 rings (SSSR count). The molecule has 8 heteroatoms. The Morgan fingerprint density at radius 1 is 1.14 bits per heavy atom. The minimum Gasteiger partial charge on any atom is -0.496 e. The topological polar surface area (TPSA) is 45.7 Å². The van der Waals surface area contributed by atoms with Gasteiger partial charge >= 0.3 is 0 Å². The number of aromatic nitrogens is 1. The molecule has 0 bridgehead atoms. The van der Waals surface area contributed by atoms with E-state index in [0.717, 1.165) is 25.9 Å². The summed E-state index contributed by atoms with van der Waals surface area (Å²) in [6.07, 6.45) is 0. The molecule has 1 aliphatic rings. The molecule has 0 N–H and O–H groups in total. The largest absolute Gasteiger partial charge is 0.496 e. The smallest absolute Gasteiger partial charge is 0.257 e. The Morgan fingerprint density at radius 3 is 2.57 bits per heavy atom. The second kappa shape index (κ2) is 7.78. The lowest BCUT2D eigenvalue weighted by Crippen LogP contribution is -2.48. The molecule has 2 heterocycles. The highest BCUT2D eigenvalue weighted by molar-refractivity contribution is 7.22. The molecule has 3 aromatic rings. The van der Waals surface area contributed by atoms with Gasteiger partial charge in [0.05, 0.1) is 27.9 Å². The average Bonchev–Trinajstić information content (AvgIpc) is 3.17. The second-order valence-electron chi connectivity index (χ2n) is 6.66. The van der Waals surface area contributed by atoms with Crippen LogP contribution in [0.2, 0.25) is 10.0 Å². The number of thiazole rings is 1. The van der Waals surface area contributed by atoms with Crippen molar-refractivity contribution < 1.29 is 9.53 Å². The highest BCUT2D eigenvalue weighted by Gasteiger charge is 2.26. The fourth-order valence-electron chi connectivity index (χ4n) is 3.34. The van der Waals surface area contributed by atoms with E-state index in [1.165, 1.54) is 0 Å². The quantitative estimate of drug-likeness (QED) is 0.587. The van der Waals surface area contributed by atoms with Crippen LogP contribution in [0.25, 0.3) is 10.2 Å². The zero-order valence-electron chi connectivity index (χ0n) is 15.5. The zero-order valence-corrected chi connectivity index (χ0v) is 17.9. The molecule has 1 fully saturated rings. The van der Waals surface area contributed by atoms with Gasteiger partial charge in [-0.15, -0.1) is 0 Å². The van der Waals surface area contributed by atoms with Gasteiger partial charge in [0.15, 0.2) is 5.13 Å². The van der Waals surface area contributed by atoms with Crippen LogP contribution >= 0.6 is 34.5 Å². The number of amides is 1. The van der Waals surface area contributed by atoms with Gasteiger partial charge in [0.2, 0.25) is 0 Å². The van der Waals surface area contributed by atoms with Crippen molar-refractivity contribution in [2.75, 3.05) is 38.2 Å². The standard InChI is InChI=1S/C20H19Cl2N3O2S/c1-12-3-5-15(22)18-17(12)23-20(28-18)25-9-7-24(8-10-25)19(26)14-11-13(21)4-6-16(14)27-2/h3-6,11H,7-10H2,1-2H3. The third-order valence-electron chi connectivity index (χ3n) is 4.92. The lowest BCUT2D eigenvalue weighted by atomic mass is 10.1. The molecule has 5 nitrogen and oxygen atoms in total. The molecule has 146 valence electrons. The molecule has 0 atom stereocenters. The van der Waals surface area contributed by atoms with Crippen LogP contribution in [0.3, 0.4) is 0 Å². The van der Waals surface area contributed by atoms with Gasteiger partial charge in [0.1, 0.15) is 5.75 Å². The van der Waals surface area contributed by atoms with E-state index < -0.39 is 0 Å². The Labute approximate surface area is 177 Å².